The Kier molecular flexibility index (Phi) is 5.68. The molecule has 0 fully saturated rings. The van der Waals surface area contributed by atoms with Gasteiger partial charge < -0.3 is 20.1 Å². The molecule has 1 aromatic heterocycles. The SMILES string of the molecule is COC(=O)c1ccc(Cl)c(Nc2nncc(Nc3ccccc3OC)n2)c1. The van der Waals surface area contributed by atoms with Gasteiger partial charge in [-0.3, -0.25) is 0 Å². The Morgan fingerprint density at radius 1 is 1.07 bits per heavy atom. The third-order valence-corrected chi connectivity index (χ3v) is 3.89. The molecule has 0 unspecified atom stereocenters. The number of nitrogens with one attached hydrogen (secondary N) is 2. The molecule has 9 heteroatoms. The van der Waals surface area contributed by atoms with Crippen molar-refractivity contribution < 1.29 is 14.3 Å². The van der Waals surface area contributed by atoms with Crippen LogP contribution in [-0.4, -0.2) is 35.4 Å². The number of hydrogen-bond acceptors (Lipinski definition) is 8. The summed E-state index contributed by atoms with van der Waals surface area (Å²) in [5.41, 5.74) is 1.54. The lowest BCUT2D eigenvalue weighted by atomic mass is 10.2. The minimum atomic E-state index is -0.472. The highest BCUT2D eigenvalue weighted by molar-refractivity contribution is 6.33. The van der Waals surface area contributed by atoms with Crippen LogP contribution in [0.3, 0.4) is 0 Å². The molecule has 8 nitrogen and oxygen atoms in total. The molecule has 138 valence electrons. The molecule has 3 rings (SSSR count). The van der Waals surface area contributed by atoms with Gasteiger partial charge in [0, 0.05) is 0 Å². The average molecular weight is 386 g/mol. The molecule has 27 heavy (non-hydrogen) atoms. The number of benzene rings is 2. The largest absolute Gasteiger partial charge is 0.495 e. The number of aromatic nitrogens is 3. The second-order valence-electron chi connectivity index (χ2n) is 5.30. The first-order valence-electron chi connectivity index (χ1n) is 7.85. The molecular formula is C18H16ClN5O3. The molecule has 0 atom stereocenters. The van der Waals surface area contributed by atoms with Crippen LogP contribution < -0.4 is 15.4 Å². The van der Waals surface area contributed by atoms with Crippen LogP contribution in [0.5, 0.6) is 5.75 Å². The van der Waals surface area contributed by atoms with Gasteiger partial charge >= 0.3 is 5.97 Å². The fourth-order valence-electron chi connectivity index (χ4n) is 2.29. The molecule has 0 radical (unpaired) electrons. The van der Waals surface area contributed by atoms with Gasteiger partial charge in [-0.1, -0.05) is 23.7 Å². The van der Waals surface area contributed by atoms with Gasteiger partial charge in [0.05, 0.1) is 42.4 Å². The van der Waals surface area contributed by atoms with Crippen LogP contribution in [0.25, 0.3) is 0 Å². The van der Waals surface area contributed by atoms with E-state index in [9.17, 15) is 4.79 Å². The van der Waals surface area contributed by atoms with E-state index < -0.39 is 5.97 Å². The van der Waals surface area contributed by atoms with E-state index in [2.05, 4.69) is 25.8 Å². The molecule has 0 spiro atoms. The number of halogens is 1. The van der Waals surface area contributed by atoms with Gasteiger partial charge in [-0.15, -0.1) is 5.10 Å². The Morgan fingerprint density at radius 3 is 2.67 bits per heavy atom. The van der Waals surface area contributed by atoms with E-state index in [1.54, 1.807) is 25.3 Å². The monoisotopic (exact) mass is 385 g/mol. The van der Waals surface area contributed by atoms with Gasteiger partial charge in [0.2, 0.25) is 5.95 Å². The lowest BCUT2D eigenvalue weighted by Gasteiger charge is -2.11. The van der Waals surface area contributed by atoms with Crippen molar-refractivity contribution in [3.8, 4) is 5.75 Å². The number of ether oxygens (including phenoxy) is 2. The number of carbonyl (C=O) groups excluding carboxylic acids is 1. The summed E-state index contributed by atoms with van der Waals surface area (Å²) in [6, 6.07) is 12.1. The van der Waals surface area contributed by atoms with E-state index in [1.807, 2.05) is 24.3 Å². The number of esters is 1. The van der Waals surface area contributed by atoms with Gasteiger partial charge in [-0.05, 0) is 30.3 Å². The number of carbonyl (C=O) groups is 1. The molecular weight excluding hydrogens is 370 g/mol. The Bertz CT molecular complexity index is 967. The summed E-state index contributed by atoms with van der Waals surface area (Å²) in [6.45, 7) is 0. The van der Waals surface area contributed by atoms with Crippen molar-refractivity contribution in [2.24, 2.45) is 0 Å². The summed E-state index contributed by atoms with van der Waals surface area (Å²) >= 11 is 6.18. The van der Waals surface area contributed by atoms with Crippen molar-refractivity contribution in [2.75, 3.05) is 24.9 Å². The molecule has 0 saturated carbocycles. The first-order chi connectivity index (χ1) is 13.1. The summed E-state index contributed by atoms with van der Waals surface area (Å²) in [5, 5.41) is 14.3. The zero-order chi connectivity index (χ0) is 19.2. The maximum atomic E-state index is 11.7. The smallest absolute Gasteiger partial charge is 0.337 e. The molecule has 3 aromatic rings. The number of para-hydroxylation sites is 2. The van der Waals surface area contributed by atoms with Crippen LogP contribution in [0.4, 0.5) is 23.1 Å². The number of hydrogen-bond donors (Lipinski definition) is 2. The molecule has 0 saturated heterocycles. The van der Waals surface area contributed by atoms with Crippen molar-refractivity contribution in [1.82, 2.24) is 15.2 Å². The van der Waals surface area contributed by atoms with Crippen molar-refractivity contribution in [3.63, 3.8) is 0 Å². The highest BCUT2D eigenvalue weighted by Gasteiger charge is 2.11. The van der Waals surface area contributed by atoms with Crippen LogP contribution in [0.15, 0.2) is 48.7 Å². The predicted molar refractivity (Wildman–Crippen MR) is 102 cm³/mol. The lowest BCUT2D eigenvalue weighted by molar-refractivity contribution is 0.0601. The summed E-state index contributed by atoms with van der Waals surface area (Å²) in [4.78, 5) is 16.0. The third kappa shape index (κ3) is 4.42. The second kappa shape index (κ2) is 8.33. The molecule has 0 aliphatic heterocycles. The molecule has 0 aliphatic carbocycles. The fourth-order valence-corrected chi connectivity index (χ4v) is 2.45. The van der Waals surface area contributed by atoms with E-state index in [4.69, 9.17) is 21.1 Å². The number of methoxy groups -OCH3 is 2. The number of rotatable bonds is 6. The Balaban J connectivity index is 1.83. The van der Waals surface area contributed by atoms with E-state index in [-0.39, 0.29) is 5.95 Å². The van der Waals surface area contributed by atoms with E-state index >= 15 is 0 Å². The van der Waals surface area contributed by atoms with Crippen LogP contribution >= 0.6 is 11.6 Å². The molecule has 0 amide bonds. The van der Waals surface area contributed by atoms with Gasteiger partial charge in [-0.25, -0.2) is 4.79 Å². The molecule has 2 N–H and O–H groups in total. The minimum Gasteiger partial charge on any atom is -0.495 e. The van der Waals surface area contributed by atoms with Crippen LogP contribution in [0, 0.1) is 0 Å². The van der Waals surface area contributed by atoms with Crippen LogP contribution in [0.2, 0.25) is 5.02 Å². The van der Waals surface area contributed by atoms with E-state index in [0.717, 1.165) is 5.69 Å². The Morgan fingerprint density at radius 2 is 1.89 bits per heavy atom. The Labute approximate surface area is 160 Å². The predicted octanol–water partition coefficient (Wildman–Crippen LogP) is 3.81. The Hall–Kier alpha value is -3.39. The molecule has 1 heterocycles. The van der Waals surface area contributed by atoms with Crippen LogP contribution in [-0.2, 0) is 4.74 Å². The topological polar surface area (TPSA) is 98.3 Å². The standard InChI is InChI=1S/C18H16ClN5O3/c1-26-15-6-4-3-5-13(15)21-16-10-20-24-18(23-16)22-14-9-11(17(25)27-2)7-8-12(14)19/h3-10H,1-2H3,(H2,21,22,23,24). The van der Waals surface area contributed by atoms with Crippen LogP contribution in [0.1, 0.15) is 10.4 Å². The van der Waals surface area contributed by atoms with E-state index in [0.29, 0.717) is 27.8 Å². The normalized spacial score (nSPS) is 10.2. The van der Waals surface area contributed by atoms with Crippen molar-refractivity contribution in [3.05, 3.63) is 59.2 Å². The maximum absolute atomic E-state index is 11.7. The van der Waals surface area contributed by atoms with Crippen molar-refractivity contribution in [1.29, 1.82) is 0 Å². The summed E-state index contributed by atoms with van der Waals surface area (Å²) < 4.78 is 10.0. The van der Waals surface area contributed by atoms with Gasteiger partial charge in [0.25, 0.3) is 0 Å². The van der Waals surface area contributed by atoms with Crippen molar-refractivity contribution >= 4 is 40.7 Å². The first-order valence-corrected chi connectivity index (χ1v) is 8.23. The fraction of sp³-hybridized carbons (Fsp3) is 0.111. The average Bonchev–Trinajstić information content (AvgIpc) is 2.70. The second-order valence-corrected chi connectivity index (χ2v) is 5.71. The van der Waals surface area contributed by atoms with Gasteiger partial charge in [0.1, 0.15) is 5.75 Å². The quantitative estimate of drug-likeness (QED) is 0.618. The molecule has 0 aliphatic rings. The van der Waals surface area contributed by atoms with Gasteiger partial charge in [0.15, 0.2) is 5.82 Å². The molecule has 0 bridgehead atoms. The minimum absolute atomic E-state index is 0.207. The van der Waals surface area contributed by atoms with Crippen molar-refractivity contribution in [2.45, 2.75) is 0 Å². The lowest BCUT2D eigenvalue weighted by Crippen LogP contribution is -2.05. The molecule has 2 aromatic carbocycles. The summed E-state index contributed by atoms with van der Waals surface area (Å²) in [6.07, 6.45) is 1.48. The maximum Gasteiger partial charge on any atom is 0.337 e. The number of anilines is 4. The van der Waals surface area contributed by atoms with E-state index in [1.165, 1.54) is 13.3 Å². The summed E-state index contributed by atoms with van der Waals surface area (Å²) in [5.74, 6) is 0.857. The number of nitrogens with zero attached hydrogens (tertiary/aromatic N) is 3. The first kappa shape index (κ1) is 18.4. The third-order valence-electron chi connectivity index (χ3n) is 3.56. The zero-order valence-electron chi connectivity index (χ0n) is 14.6. The summed E-state index contributed by atoms with van der Waals surface area (Å²) in [7, 11) is 2.89. The zero-order valence-corrected chi connectivity index (χ0v) is 15.3. The highest BCUT2D eigenvalue weighted by atomic mass is 35.5. The van der Waals surface area contributed by atoms with Gasteiger partial charge in [-0.2, -0.15) is 10.1 Å². The highest BCUT2D eigenvalue weighted by Crippen LogP contribution is 2.28.